The molecule has 4 heteroatoms. The zero-order chi connectivity index (χ0) is 14.8. The van der Waals surface area contributed by atoms with E-state index in [4.69, 9.17) is 9.52 Å². The summed E-state index contributed by atoms with van der Waals surface area (Å²) in [5.41, 5.74) is 3.74. The summed E-state index contributed by atoms with van der Waals surface area (Å²) >= 11 is 3.48. The molecule has 3 aromatic rings. The number of rotatable bonds is 4. The van der Waals surface area contributed by atoms with E-state index in [2.05, 4.69) is 15.9 Å². The van der Waals surface area contributed by atoms with Gasteiger partial charge in [0.25, 0.3) is 0 Å². The molecule has 3 nitrogen and oxygen atoms in total. The minimum Gasteiger partial charge on any atom is -0.481 e. The number of carbonyl (C=O) groups is 1. The van der Waals surface area contributed by atoms with Crippen molar-refractivity contribution in [1.29, 1.82) is 0 Å². The largest absolute Gasteiger partial charge is 0.481 e. The van der Waals surface area contributed by atoms with E-state index in [0.29, 0.717) is 11.1 Å². The number of hydrogen-bond donors (Lipinski definition) is 1. The maximum atomic E-state index is 10.8. The SMILES string of the molecule is O=C(O)CCc1cccc2c(-c3ccccc3)c(Br)oc12. The molecule has 21 heavy (non-hydrogen) atoms. The van der Waals surface area contributed by atoms with Crippen LogP contribution in [0, 0.1) is 0 Å². The lowest BCUT2D eigenvalue weighted by molar-refractivity contribution is -0.136. The van der Waals surface area contributed by atoms with Gasteiger partial charge in [-0.2, -0.15) is 0 Å². The standard InChI is InChI=1S/C17H13BrO3/c18-17-15(11-5-2-1-3-6-11)13-8-4-7-12(16(13)21-17)9-10-14(19)20/h1-8H,9-10H2,(H,19,20). The number of aryl methyl sites for hydroxylation is 1. The van der Waals surface area contributed by atoms with Gasteiger partial charge in [-0.3, -0.25) is 4.79 Å². The molecule has 0 saturated carbocycles. The van der Waals surface area contributed by atoms with Gasteiger partial charge in [0.15, 0.2) is 4.67 Å². The first-order chi connectivity index (χ1) is 10.2. The fourth-order valence-electron chi connectivity index (χ4n) is 2.46. The van der Waals surface area contributed by atoms with E-state index >= 15 is 0 Å². The molecule has 0 amide bonds. The van der Waals surface area contributed by atoms with Gasteiger partial charge in [0, 0.05) is 17.4 Å². The van der Waals surface area contributed by atoms with E-state index < -0.39 is 5.97 Å². The lowest BCUT2D eigenvalue weighted by atomic mass is 10.0. The van der Waals surface area contributed by atoms with Gasteiger partial charge in [0.1, 0.15) is 5.58 Å². The third-order valence-electron chi connectivity index (χ3n) is 3.42. The third-order valence-corrected chi connectivity index (χ3v) is 3.98. The van der Waals surface area contributed by atoms with Gasteiger partial charge >= 0.3 is 5.97 Å². The number of para-hydroxylation sites is 1. The number of aliphatic carboxylic acids is 1. The number of halogens is 1. The van der Waals surface area contributed by atoms with E-state index in [1.54, 1.807) is 0 Å². The summed E-state index contributed by atoms with van der Waals surface area (Å²) in [6.07, 6.45) is 0.555. The van der Waals surface area contributed by atoms with E-state index in [-0.39, 0.29) is 6.42 Å². The lowest BCUT2D eigenvalue weighted by Gasteiger charge is -2.01. The van der Waals surface area contributed by atoms with Crippen LogP contribution in [0.5, 0.6) is 0 Å². The average Bonchev–Trinajstić information content (AvgIpc) is 2.82. The molecule has 1 aromatic heterocycles. The predicted octanol–water partition coefficient (Wildman–Crippen LogP) is 4.88. The van der Waals surface area contributed by atoms with Crippen LogP contribution in [0.2, 0.25) is 0 Å². The summed E-state index contributed by atoms with van der Waals surface area (Å²) in [5, 5.41) is 9.84. The van der Waals surface area contributed by atoms with E-state index in [9.17, 15) is 4.79 Å². The smallest absolute Gasteiger partial charge is 0.303 e. The molecule has 0 radical (unpaired) electrons. The number of furan rings is 1. The van der Waals surface area contributed by atoms with E-state index in [0.717, 1.165) is 27.7 Å². The summed E-state index contributed by atoms with van der Waals surface area (Å²) in [5.74, 6) is -0.805. The van der Waals surface area contributed by atoms with Crippen molar-refractivity contribution in [3.05, 3.63) is 58.8 Å². The topological polar surface area (TPSA) is 50.4 Å². The maximum absolute atomic E-state index is 10.8. The van der Waals surface area contributed by atoms with Crippen LogP contribution in [0.15, 0.2) is 57.6 Å². The summed E-state index contributed by atoms with van der Waals surface area (Å²) in [6.45, 7) is 0. The monoisotopic (exact) mass is 344 g/mol. The Kier molecular flexibility index (Phi) is 3.80. The number of benzene rings is 2. The number of hydrogen-bond acceptors (Lipinski definition) is 2. The minimum absolute atomic E-state index is 0.0953. The Bertz CT molecular complexity index is 790. The van der Waals surface area contributed by atoms with Crippen LogP contribution in [-0.2, 0) is 11.2 Å². The van der Waals surface area contributed by atoms with Crippen molar-refractivity contribution in [1.82, 2.24) is 0 Å². The molecule has 2 aromatic carbocycles. The molecule has 0 saturated heterocycles. The average molecular weight is 345 g/mol. The van der Waals surface area contributed by atoms with Gasteiger partial charge in [-0.15, -0.1) is 0 Å². The van der Waals surface area contributed by atoms with Crippen molar-refractivity contribution in [3.63, 3.8) is 0 Å². The van der Waals surface area contributed by atoms with Crippen molar-refractivity contribution < 1.29 is 14.3 Å². The number of carboxylic acid groups (broad SMARTS) is 1. The molecule has 0 spiro atoms. The Balaban J connectivity index is 2.13. The zero-order valence-electron chi connectivity index (χ0n) is 11.2. The first-order valence-corrected chi connectivity index (χ1v) is 7.43. The second kappa shape index (κ2) is 5.74. The first kappa shape index (κ1) is 13.9. The summed E-state index contributed by atoms with van der Waals surface area (Å²) in [4.78, 5) is 10.8. The Morgan fingerprint density at radius 2 is 1.86 bits per heavy atom. The predicted molar refractivity (Wildman–Crippen MR) is 85.3 cm³/mol. The van der Waals surface area contributed by atoms with E-state index in [1.807, 2.05) is 48.5 Å². The highest BCUT2D eigenvalue weighted by atomic mass is 79.9. The third kappa shape index (κ3) is 2.72. The fourth-order valence-corrected chi connectivity index (χ4v) is 3.07. The number of carboxylic acids is 1. The molecule has 1 N–H and O–H groups in total. The van der Waals surface area contributed by atoms with Crippen molar-refractivity contribution in [2.75, 3.05) is 0 Å². The minimum atomic E-state index is -0.805. The second-order valence-electron chi connectivity index (χ2n) is 4.80. The van der Waals surface area contributed by atoms with Gasteiger partial charge in [0.05, 0.1) is 0 Å². The van der Waals surface area contributed by atoms with Gasteiger partial charge in [-0.05, 0) is 33.5 Å². The lowest BCUT2D eigenvalue weighted by Crippen LogP contribution is -1.97. The summed E-state index contributed by atoms with van der Waals surface area (Å²) < 4.78 is 6.51. The van der Waals surface area contributed by atoms with Gasteiger partial charge < -0.3 is 9.52 Å². The molecule has 0 fully saturated rings. The van der Waals surface area contributed by atoms with Crippen LogP contribution >= 0.6 is 15.9 Å². The van der Waals surface area contributed by atoms with Crippen molar-refractivity contribution >= 4 is 32.9 Å². The fraction of sp³-hybridized carbons (Fsp3) is 0.118. The second-order valence-corrected chi connectivity index (χ2v) is 5.52. The molecule has 0 aliphatic rings. The van der Waals surface area contributed by atoms with Crippen LogP contribution in [0.3, 0.4) is 0 Å². The Labute approximate surface area is 130 Å². The zero-order valence-corrected chi connectivity index (χ0v) is 12.8. The van der Waals surface area contributed by atoms with Crippen molar-refractivity contribution in [2.45, 2.75) is 12.8 Å². The highest BCUT2D eigenvalue weighted by Crippen LogP contribution is 2.39. The summed E-state index contributed by atoms with van der Waals surface area (Å²) in [7, 11) is 0. The van der Waals surface area contributed by atoms with Gasteiger partial charge in [0.2, 0.25) is 0 Å². The molecule has 1 heterocycles. The normalized spacial score (nSPS) is 10.9. The van der Waals surface area contributed by atoms with Crippen LogP contribution < -0.4 is 0 Å². The van der Waals surface area contributed by atoms with Gasteiger partial charge in [-0.25, -0.2) is 0 Å². The highest BCUT2D eigenvalue weighted by molar-refractivity contribution is 9.10. The van der Waals surface area contributed by atoms with E-state index in [1.165, 1.54) is 0 Å². The molecule has 0 unspecified atom stereocenters. The van der Waals surface area contributed by atoms with Crippen LogP contribution in [0.4, 0.5) is 0 Å². The van der Waals surface area contributed by atoms with Gasteiger partial charge in [-0.1, -0.05) is 48.5 Å². The maximum Gasteiger partial charge on any atom is 0.303 e. The van der Waals surface area contributed by atoms with Crippen LogP contribution in [0.1, 0.15) is 12.0 Å². The molecule has 3 rings (SSSR count). The molecular formula is C17H13BrO3. The molecule has 106 valence electrons. The summed E-state index contributed by atoms with van der Waals surface area (Å²) in [6, 6.07) is 15.8. The Morgan fingerprint density at radius 3 is 2.57 bits per heavy atom. The molecule has 0 bridgehead atoms. The number of fused-ring (bicyclic) bond motifs is 1. The molecular weight excluding hydrogens is 332 g/mol. The molecule has 0 aliphatic carbocycles. The van der Waals surface area contributed by atoms with Crippen molar-refractivity contribution in [2.24, 2.45) is 0 Å². The molecule has 0 aliphatic heterocycles. The molecule has 0 atom stereocenters. The highest BCUT2D eigenvalue weighted by Gasteiger charge is 2.16. The van der Waals surface area contributed by atoms with Crippen LogP contribution in [-0.4, -0.2) is 11.1 Å². The quantitative estimate of drug-likeness (QED) is 0.733. The van der Waals surface area contributed by atoms with Crippen molar-refractivity contribution in [3.8, 4) is 11.1 Å². The Hall–Kier alpha value is -2.07. The first-order valence-electron chi connectivity index (χ1n) is 6.64. The Morgan fingerprint density at radius 1 is 1.10 bits per heavy atom. The van der Waals surface area contributed by atoms with Crippen LogP contribution in [0.25, 0.3) is 22.1 Å².